The van der Waals surface area contributed by atoms with E-state index in [1.54, 1.807) is 23.7 Å². The van der Waals surface area contributed by atoms with Crippen LogP contribution in [0.5, 0.6) is 0 Å². The number of hydrogen-bond acceptors (Lipinski definition) is 4. The Kier molecular flexibility index (Phi) is 2.66. The van der Waals surface area contributed by atoms with Crippen molar-refractivity contribution in [2.75, 3.05) is 0 Å². The number of aromatic nitrogens is 3. The van der Waals surface area contributed by atoms with Gasteiger partial charge in [0.05, 0.1) is 5.69 Å². The second-order valence-corrected chi connectivity index (χ2v) is 6.40. The summed E-state index contributed by atoms with van der Waals surface area (Å²) in [6.07, 6.45) is 5.37. The molecule has 0 spiro atoms. The van der Waals surface area contributed by atoms with Gasteiger partial charge in [0.1, 0.15) is 10.3 Å². The largest absolute Gasteiger partial charge is 0.256 e. The molecule has 0 saturated heterocycles. The fourth-order valence-corrected chi connectivity index (χ4v) is 4.10. The number of nitrogens with zero attached hydrogens (tertiary/aromatic N) is 3. The third-order valence-electron chi connectivity index (χ3n) is 4.06. The molecule has 0 saturated carbocycles. The second kappa shape index (κ2) is 4.83. The number of pyridine rings is 1. The molecular weight excluding hydrogens is 302 g/mol. The number of rotatable bonds is 1. The van der Waals surface area contributed by atoms with E-state index >= 15 is 0 Å². The lowest BCUT2D eigenvalue weighted by Crippen LogP contribution is -1.87. The Labute approximate surface area is 136 Å². The Bertz CT molecular complexity index is 1170. The summed E-state index contributed by atoms with van der Waals surface area (Å²) in [7, 11) is 0. The molecular formula is C19H11N3S. The number of thiophene rings is 1. The van der Waals surface area contributed by atoms with Crippen molar-refractivity contribution in [3.63, 3.8) is 0 Å². The van der Waals surface area contributed by atoms with E-state index in [0.717, 1.165) is 32.4 Å². The Hall–Kier alpha value is -2.85. The average Bonchev–Trinajstić information content (AvgIpc) is 3.00. The molecule has 5 aromatic rings. The molecule has 108 valence electrons. The zero-order chi connectivity index (χ0) is 15.2. The molecule has 0 unspecified atom stereocenters. The quantitative estimate of drug-likeness (QED) is 0.434. The maximum Gasteiger partial charge on any atom is 0.143 e. The van der Waals surface area contributed by atoms with Gasteiger partial charge in [0.15, 0.2) is 0 Å². The number of benzene rings is 2. The van der Waals surface area contributed by atoms with Crippen LogP contribution in [-0.4, -0.2) is 15.0 Å². The van der Waals surface area contributed by atoms with Crippen LogP contribution in [0.4, 0.5) is 0 Å². The first-order valence-electron chi connectivity index (χ1n) is 7.38. The van der Waals surface area contributed by atoms with Gasteiger partial charge < -0.3 is 0 Å². The second-order valence-electron chi connectivity index (χ2n) is 5.37. The van der Waals surface area contributed by atoms with Gasteiger partial charge in [-0.25, -0.2) is 4.98 Å². The molecule has 0 aliphatic carbocycles. The lowest BCUT2D eigenvalue weighted by Gasteiger charge is -2.07. The van der Waals surface area contributed by atoms with Crippen molar-refractivity contribution in [1.82, 2.24) is 15.0 Å². The zero-order valence-electron chi connectivity index (χ0n) is 12.1. The molecule has 0 fully saturated rings. The van der Waals surface area contributed by atoms with Crippen LogP contribution in [0, 0.1) is 0 Å². The summed E-state index contributed by atoms with van der Waals surface area (Å²) in [5.74, 6) is 0. The van der Waals surface area contributed by atoms with Gasteiger partial charge in [-0.3, -0.25) is 9.97 Å². The molecule has 3 nitrogen and oxygen atoms in total. The summed E-state index contributed by atoms with van der Waals surface area (Å²) in [5.41, 5.74) is 3.07. The van der Waals surface area contributed by atoms with Crippen LogP contribution < -0.4 is 0 Å². The highest BCUT2D eigenvalue weighted by atomic mass is 32.1. The van der Waals surface area contributed by atoms with Gasteiger partial charge >= 0.3 is 0 Å². The monoisotopic (exact) mass is 313 g/mol. The molecule has 3 heterocycles. The van der Waals surface area contributed by atoms with Gasteiger partial charge in [-0.2, -0.15) is 0 Å². The van der Waals surface area contributed by atoms with Crippen molar-refractivity contribution in [2.24, 2.45) is 0 Å². The van der Waals surface area contributed by atoms with E-state index in [4.69, 9.17) is 0 Å². The van der Waals surface area contributed by atoms with Crippen molar-refractivity contribution >= 4 is 42.5 Å². The van der Waals surface area contributed by atoms with E-state index in [0.29, 0.717) is 0 Å². The van der Waals surface area contributed by atoms with Crippen LogP contribution in [0.25, 0.3) is 42.5 Å². The normalized spacial score (nSPS) is 11.5. The maximum atomic E-state index is 4.67. The highest BCUT2D eigenvalue weighted by Gasteiger charge is 2.14. The van der Waals surface area contributed by atoms with Gasteiger partial charge in [0.2, 0.25) is 0 Å². The van der Waals surface area contributed by atoms with Crippen LogP contribution in [-0.2, 0) is 0 Å². The Morgan fingerprint density at radius 1 is 0.739 bits per heavy atom. The van der Waals surface area contributed by atoms with Crippen LogP contribution in [0.15, 0.2) is 67.1 Å². The minimum atomic E-state index is 0.956. The van der Waals surface area contributed by atoms with Crippen molar-refractivity contribution in [3.8, 4) is 11.3 Å². The fraction of sp³-hybridized carbons (Fsp3) is 0. The molecule has 0 radical (unpaired) electrons. The summed E-state index contributed by atoms with van der Waals surface area (Å²) in [4.78, 5) is 14.6. The molecule has 4 heteroatoms. The molecule has 3 aromatic heterocycles. The first-order valence-corrected chi connectivity index (χ1v) is 8.20. The van der Waals surface area contributed by atoms with E-state index in [1.165, 1.54) is 10.1 Å². The first-order chi connectivity index (χ1) is 11.4. The van der Waals surface area contributed by atoms with Gasteiger partial charge in [-0.05, 0) is 17.5 Å². The fourth-order valence-electron chi connectivity index (χ4n) is 3.07. The Balaban J connectivity index is 1.96. The van der Waals surface area contributed by atoms with E-state index < -0.39 is 0 Å². The third-order valence-corrected chi connectivity index (χ3v) is 5.12. The number of hydrogen-bond donors (Lipinski definition) is 0. The third kappa shape index (κ3) is 1.85. The molecule has 0 amide bonds. The topological polar surface area (TPSA) is 38.7 Å². The smallest absolute Gasteiger partial charge is 0.143 e. The standard InChI is InChI=1S/C19H11N3S/c1-2-5-13-12(4-1)8-9-20-17(13)14-6-3-7-15-16(14)18-19(23-15)22-11-10-21-18/h1-11H. The van der Waals surface area contributed by atoms with E-state index in [1.807, 2.05) is 12.3 Å². The highest BCUT2D eigenvalue weighted by Crippen LogP contribution is 2.39. The van der Waals surface area contributed by atoms with Crippen LogP contribution in [0.1, 0.15) is 0 Å². The van der Waals surface area contributed by atoms with Crippen molar-refractivity contribution in [3.05, 3.63) is 67.1 Å². The van der Waals surface area contributed by atoms with Gasteiger partial charge in [-0.15, -0.1) is 11.3 Å². The minimum Gasteiger partial charge on any atom is -0.256 e. The lowest BCUT2D eigenvalue weighted by atomic mass is 10.0. The van der Waals surface area contributed by atoms with Gasteiger partial charge in [0.25, 0.3) is 0 Å². The van der Waals surface area contributed by atoms with Gasteiger partial charge in [0, 0.05) is 39.6 Å². The van der Waals surface area contributed by atoms with Crippen LogP contribution in [0.2, 0.25) is 0 Å². The van der Waals surface area contributed by atoms with E-state index in [9.17, 15) is 0 Å². The van der Waals surface area contributed by atoms with Gasteiger partial charge in [-0.1, -0.05) is 36.4 Å². The Morgan fingerprint density at radius 3 is 2.65 bits per heavy atom. The SMILES string of the molecule is c1ccc2c(-c3cccc4sc5nccnc5c34)nccc2c1. The summed E-state index contributed by atoms with van der Waals surface area (Å²) in [6.45, 7) is 0. The first kappa shape index (κ1) is 12.7. The van der Waals surface area contributed by atoms with Crippen LogP contribution >= 0.6 is 11.3 Å². The summed E-state index contributed by atoms with van der Waals surface area (Å²) in [5, 5.41) is 3.50. The average molecular weight is 313 g/mol. The van der Waals surface area contributed by atoms with E-state index in [-0.39, 0.29) is 0 Å². The summed E-state index contributed by atoms with van der Waals surface area (Å²) < 4.78 is 1.19. The molecule has 23 heavy (non-hydrogen) atoms. The van der Waals surface area contributed by atoms with E-state index in [2.05, 4.69) is 57.4 Å². The molecule has 0 N–H and O–H groups in total. The predicted octanol–water partition coefficient (Wildman–Crippen LogP) is 5.06. The predicted molar refractivity (Wildman–Crippen MR) is 95.7 cm³/mol. The van der Waals surface area contributed by atoms with Crippen molar-refractivity contribution < 1.29 is 0 Å². The lowest BCUT2D eigenvalue weighted by molar-refractivity contribution is 1.32. The zero-order valence-corrected chi connectivity index (χ0v) is 12.9. The molecule has 5 rings (SSSR count). The van der Waals surface area contributed by atoms with Crippen LogP contribution in [0.3, 0.4) is 0 Å². The highest BCUT2D eigenvalue weighted by molar-refractivity contribution is 7.25. The maximum absolute atomic E-state index is 4.67. The summed E-state index contributed by atoms with van der Waals surface area (Å²) >= 11 is 1.67. The Morgan fingerprint density at radius 2 is 1.65 bits per heavy atom. The molecule has 0 aliphatic heterocycles. The minimum absolute atomic E-state index is 0.956. The molecule has 2 aromatic carbocycles. The van der Waals surface area contributed by atoms with Crippen molar-refractivity contribution in [2.45, 2.75) is 0 Å². The molecule has 0 aliphatic rings. The summed E-state index contributed by atoms with van der Waals surface area (Å²) in [6, 6.07) is 16.7. The molecule has 0 atom stereocenters. The number of fused-ring (bicyclic) bond motifs is 4. The molecule has 0 bridgehead atoms. The van der Waals surface area contributed by atoms with Crippen molar-refractivity contribution in [1.29, 1.82) is 0 Å².